The summed E-state index contributed by atoms with van der Waals surface area (Å²) in [7, 11) is 1.40. The van der Waals surface area contributed by atoms with Crippen molar-refractivity contribution in [3.8, 4) is 0 Å². The second-order valence-electron chi connectivity index (χ2n) is 5.09. The van der Waals surface area contributed by atoms with E-state index >= 15 is 0 Å². The summed E-state index contributed by atoms with van der Waals surface area (Å²) in [6.45, 7) is 2.10. The van der Waals surface area contributed by atoms with Gasteiger partial charge in [0.1, 0.15) is 0 Å². The van der Waals surface area contributed by atoms with Crippen LogP contribution in [0.1, 0.15) is 51.0 Å². The van der Waals surface area contributed by atoms with Gasteiger partial charge in [-0.15, -0.1) is 0 Å². The van der Waals surface area contributed by atoms with E-state index in [0.29, 0.717) is 12.8 Å². The average molecular weight is 291 g/mol. The predicted molar refractivity (Wildman–Crippen MR) is 84.2 cm³/mol. The second-order valence-corrected chi connectivity index (χ2v) is 5.09. The highest BCUT2D eigenvalue weighted by Gasteiger charge is 2.03. The molecule has 0 bridgehead atoms. The van der Waals surface area contributed by atoms with Gasteiger partial charge in [-0.3, -0.25) is 9.59 Å². The predicted octanol–water partition coefficient (Wildman–Crippen LogP) is 3.70. The van der Waals surface area contributed by atoms with Gasteiger partial charge in [-0.05, 0) is 37.0 Å². The summed E-state index contributed by atoms with van der Waals surface area (Å²) in [5.74, 6) is -0.115. The molecular weight excluding hydrogens is 266 g/mol. The van der Waals surface area contributed by atoms with E-state index in [1.807, 2.05) is 24.3 Å². The summed E-state index contributed by atoms with van der Waals surface area (Å²) < 4.78 is 4.57. The first-order chi connectivity index (χ1) is 10.2. The Morgan fingerprint density at radius 2 is 1.62 bits per heavy atom. The number of carbonyl (C=O) groups excluding carboxylic acids is 2. The monoisotopic (exact) mass is 291 g/mol. The minimum atomic E-state index is -0.164. The van der Waals surface area contributed by atoms with Gasteiger partial charge in [0.05, 0.1) is 7.11 Å². The molecule has 0 radical (unpaired) electrons. The van der Waals surface area contributed by atoms with Crippen molar-refractivity contribution in [2.24, 2.45) is 0 Å². The zero-order valence-corrected chi connectivity index (χ0v) is 13.0. The molecule has 0 aromatic heterocycles. The number of unbranched alkanes of at least 4 members (excludes halogenated alkanes) is 3. The first-order valence-electron chi connectivity index (χ1n) is 7.61. The molecule has 0 aliphatic heterocycles. The molecule has 0 atom stereocenters. The molecule has 0 fully saturated rings. The zero-order chi connectivity index (χ0) is 15.5. The van der Waals surface area contributed by atoms with Crippen LogP contribution in [0.2, 0.25) is 0 Å². The molecule has 0 saturated carbocycles. The number of anilines is 1. The molecule has 1 aromatic rings. The van der Waals surface area contributed by atoms with E-state index < -0.39 is 0 Å². The third-order valence-electron chi connectivity index (χ3n) is 3.41. The van der Waals surface area contributed by atoms with Gasteiger partial charge in [-0.2, -0.15) is 0 Å². The summed E-state index contributed by atoms with van der Waals surface area (Å²) in [6.07, 6.45) is 5.57. The average Bonchev–Trinajstić information content (AvgIpc) is 2.51. The molecule has 116 valence electrons. The van der Waals surface area contributed by atoms with E-state index in [1.54, 1.807) is 0 Å². The Morgan fingerprint density at radius 3 is 2.19 bits per heavy atom. The molecule has 1 amide bonds. The Bertz CT molecular complexity index is 440. The fraction of sp³-hybridized carbons (Fsp3) is 0.529. The number of hydrogen-bond acceptors (Lipinski definition) is 3. The van der Waals surface area contributed by atoms with E-state index in [4.69, 9.17) is 0 Å². The molecule has 21 heavy (non-hydrogen) atoms. The van der Waals surface area contributed by atoms with Crippen LogP contribution in [0, 0.1) is 0 Å². The lowest BCUT2D eigenvalue weighted by atomic mass is 10.1. The lowest BCUT2D eigenvalue weighted by Crippen LogP contribution is -2.11. The largest absolute Gasteiger partial charge is 0.469 e. The molecule has 0 aliphatic rings. The van der Waals surface area contributed by atoms with E-state index in [9.17, 15) is 9.59 Å². The van der Waals surface area contributed by atoms with Crippen molar-refractivity contribution in [1.82, 2.24) is 0 Å². The maximum Gasteiger partial charge on any atom is 0.305 e. The SMILES string of the molecule is CCc1ccc(NC(=O)CCCCCCC(=O)OC)cc1. The van der Waals surface area contributed by atoms with Crippen molar-refractivity contribution >= 4 is 17.6 Å². The highest BCUT2D eigenvalue weighted by Crippen LogP contribution is 2.11. The second kappa shape index (κ2) is 9.97. The molecule has 1 N–H and O–H groups in total. The van der Waals surface area contributed by atoms with Crippen LogP contribution in [0.25, 0.3) is 0 Å². The number of methoxy groups -OCH3 is 1. The summed E-state index contributed by atoms with van der Waals surface area (Å²) in [5.41, 5.74) is 2.11. The van der Waals surface area contributed by atoms with Crippen molar-refractivity contribution in [2.45, 2.75) is 51.9 Å². The van der Waals surface area contributed by atoms with Crippen LogP contribution in [0.4, 0.5) is 5.69 Å². The molecule has 4 nitrogen and oxygen atoms in total. The van der Waals surface area contributed by atoms with Gasteiger partial charge >= 0.3 is 5.97 Å². The lowest BCUT2D eigenvalue weighted by molar-refractivity contribution is -0.140. The van der Waals surface area contributed by atoms with Gasteiger partial charge in [0.2, 0.25) is 5.91 Å². The minimum absolute atomic E-state index is 0.0483. The third kappa shape index (κ3) is 7.49. The first-order valence-corrected chi connectivity index (χ1v) is 7.61. The van der Waals surface area contributed by atoms with E-state index in [2.05, 4.69) is 17.0 Å². The normalized spacial score (nSPS) is 10.2. The molecule has 0 aliphatic carbocycles. The molecule has 1 aromatic carbocycles. The molecule has 1 rings (SSSR count). The maximum absolute atomic E-state index is 11.8. The molecule has 4 heteroatoms. The van der Waals surface area contributed by atoms with E-state index in [-0.39, 0.29) is 11.9 Å². The Kier molecular flexibility index (Phi) is 8.17. The lowest BCUT2D eigenvalue weighted by Gasteiger charge is -2.06. The molecule has 0 heterocycles. The van der Waals surface area contributed by atoms with Crippen LogP contribution in [-0.4, -0.2) is 19.0 Å². The van der Waals surface area contributed by atoms with Crippen molar-refractivity contribution in [1.29, 1.82) is 0 Å². The standard InChI is InChI=1S/C17H25NO3/c1-3-14-10-12-15(13-11-14)18-16(19)8-6-4-5-7-9-17(20)21-2/h10-13H,3-9H2,1-2H3,(H,18,19). The fourth-order valence-corrected chi connectivity index (χ4v) is 2.06. The number of ether oxygens (including phenoxy) is 1. The van der Waals surface area contributed by atoms with Crippen molar-refractivity contribution in [2.75, 3.05) is 12.4 Å². The maximum atomic E-state index is 11.8. The quantitative estimate of drug-likeness (QED) is 0.557. The molecule has 0 unspecified atom stereocenters. The highest BCUT2D eigenvalue weighted by atomic mass is 16.5. The van der Waals surface area contributed by atoms with Crippen molar-refractivity contribution in [3.05, 3.63) is 29.8 Å². The number of aryl methyl sites for hydroxylation is 1. The Morgan fingerprint density at radius 1 is 1.00 bits per heavy atom. The number of esters is 1. The van der Waals surface area contributed by atoms with Crippen LogP contribution in [0.15, 0.2) is 24.3 Å². The third-order valence-corrected chi connectivity index (χ3v) is 3.41. The van der Waals surface area contributed by atoms with E-state index in [1.165, 1.54) is 12.7 Å². The molecular formula is C17H25NO3. The van der Waals surface area contributed by atoms with Crippen molar-refractivity contribution < 1.29 is 14.3 Å². The summed E-state index contributed by atoms with van der Waals surface area (Å²) in [5, 5.41) is 2.90. The number of benzene rings is 1. The van der Waals surface area contributed by atoms with Crippen LogP contribution in [0.3, 0.4) is 0 Å². The van der Waals surface area contributed by atoms with Crippen LogP contribution in [-0.2, 0) is 20.7 Å². The van der Waals surface area contributed by atoms with E-state index in [0.717, 1.165) is 37.8 Å². The zero-order valence-electron chi connectivity index (χ0n) is 13.0. The van der Waals surface area contributed by atoms with Crippen LogP contribution in [0.5, 0.6) is 0 Å². The smallest absolute Gasteiger partial charge is 0.305 e. The number of hydrogen-bond donors (Lipinski definition) is 1. The van der Waals surface area contributed by atoms with Gasteiger partial charge in [-0.25, -0.2) is 0 Å². The van der Waals surface area contributed by atoms with Crippen LogP contribution < -0.4 is 5.32 Å². The topological polar surface area (TPSA) is 55.4 Å². The van der Waals surface area contributed by atoms with Gasteiger partial charge in [-0.1, -0.05) is 31.9 Å². The highest BCUT2D eigenvalue weighted by molar-refractivity contribution is 5.90. The van der Waals surface area contributed by atoms with Gasteiger partial charge in [0.15, 0.2) is 0 Å². The number of rotatable bonds is 9. The first kappa shape index (κ1) is 17.2. The molecule has 0 spiro atoms. The molecule has 0 saturated heterocycles. The van der Waals surface area contributed by atoms with Crippen molar-refractivity contribution in [3.63, 3.8) is 0 Å². The summed E-state index contributed by atoms with van der Waals surface area (Å²) >= 11 is 0. The van der Waals surface area contributed by atoms with Gasteiger partial charge < -0.3 is 10.1 Å². The fourth-order valence-electron chi connectivity index (χ4n) is 2.06. The number of carbonyl (C=O) groups is 2. The Hall–Kier alpha value is -1.84. The van der Waals surface area contributed by atoms with Gasteiger partial charge in [0.25, 0.3) is 0 Å². The Labute approximate surface area is 126 Å². The number of amides is 1. The minimum Gasteiger partial charge on any atom is -0.469 e. The number of nitrogens with one attached hydrogen (secondary N) is 1. The Balaban J connectivity index is 2.12. The summed E-state index contributed by atoms with van der Waals surface area (Å²) in [6, 6.07) is 7.94. The van der Waals surface area contributed by atoms with Crippen LogP contribution >= 0.6 is 0 Å². The van der Waals surface area contributed by atoms with Gasteiger partial charge in [0, 0.05) is 18.5 Å². The summed E-state index contributed by atoms with van der Waals surface area (Å²) in [4.78, 5) is 22.7.